The van der Waals surface area contributed by atoms with Crippen molar-refractivity contribution in [2.75, 3.05) is 0 Å². The molecule has 0 atom stereocenters. The highest BCUT2D eigenvalue weighted by atomic mass is 32.1. The fourth-order valence-corrected chi connectivity index (χ4v) is 3.49. The molecular formula is C15H14N4S. The summed E-state index contributed by atoms with van der Waals surface area (Å²) >= 11 is 1.72. The van der Waals surface area contributed by atoms with E-state index in [9.17, 15) is 0 Å². The van der Waals surface area contributed by atoms with E-state index >= 15 is 0 Å². The molecule has 0 aliphatic heterocycles. The molecule has 0 radical (unpaired) electrons. The van der Waals surface area contributed by atoms with Crippen molar-refractivity contribution in [3.05, 3.63) is 41.0 Å². The minimum Gasteiger partial charge on any atom is -0.326 e. The number of hydrogen-bond acceptors (Lipinski definition) is 3. The Balaban J connectivity index is 1.98. The van der Waals surface area contributed by atoms with Gasteiger partial charge in [-0.2, -0.15) is 0 Å². The fourth-order valence-electron chi connectivity index (χ4n) is 2.54. The highest BCUT2D eigenvalue weighted by Gasteiger charge is 2.15. The molecule has 0 bridgehead atoms. The van der Waals surface area contributed by atoms with Gasteiger partial charge in [0.1, 0.15) is 5.69 Å². The predicted molar refractivity (Wildman–Crippen MR) is 82.3 cm³/mol. The van der Waals surface area contributed by atoms with Gasteiger partial charge < -0.3 is 4.57 Å². The van der Waals surface area contributed by atoms with E-state index in [1.807, 2.05) is 25.2 Å². The molecule has 0 fully saturated rings. The summed E-state index contributed by atoms with van der Waals surface area (Å²) in [7, 11) is 2.04. The van der Waals surface area contributed by atoms with E-state index in [1.54, 1.807) is 11.3 Å². The van der Waals surface area contributed by atoms with Gasteiger partial charge >= 0.3 is 0 Å². The van der Waals surface area contributed by atoms with E-state index in [1.165, 1.54) is 10.6 Å². The minimum absolute atomic E-state index is 0.916. The lowest BCUT2D eigenvalue weighted by molar-refractivity contribution is 0.953. The molecule has 0 saturated carbocycles. The first-order valence-electron chi connectivity index (χ1n) is 6.52. The Hall–Kier alpha value is -2.14. The average molecular weight is 282 g/mol. The van der Waals surface area contributed by atoms with Crippen LogP contribution >= 0.6 is 11.3 Å². The molecule has 0 N–H and O–H groups in total. The van der Waals surface area contributed by atoms with Crippen LogP contribution in [-0.4, -0.2) is 18.9 Å². The third-order valence-electron chi connectivity index (χ3n) is 3.81. The Bertz CT molecular complexity index is 942. The molecular weight excluding hydrogens is 268 g/mol. The number of thiazole rings is 1. The zero-order chi connectivity index (χ0) is 13.9. The van der Waals surface area contributed by atoms with E-state index in [0.29, 0.717) is 0 Å². The van der Waals surface area contributed by atoms with E-state index in [-0.39, 0.29) is 0 Å². The van der Waals surface area contributed by atoms with Crippen LogP contribution in [0.25, 0.3) is 27.5 Å². The summed E-state index contributed by atoms with van der Waals surface area (Å²) in [6.45, 7) is 4.25. The van der Waals surface area contributed by atoms with Crippen LogP contribution in [-0.2, 0) is 7.05 Å². The first-order valence-corrected chi connectivity index (χ1v) is 7.34. The van der Waals surface area contributed by atoms with Crippen molar-refractivity contribution < 1.29 is 0 Å². The van der Waals surface area contributed by atoms with Crippen LogP contribution in [0.15, 0.2) is 30.5 Å². The summed E-state index contributed by atoms with van der Waals surface area (Å²) in [4.78, 5) is 11.8. The van der Waals surface area contributed by atoms with Gasteiger partial charge in [-0.05, 0) is 26.0 Å². The normalized spacial score (nSPS) is 11.8. The topological polar surface area (TPSA) is 35.1 Å². The Morgan fingerprint density at radius 2 is 1.90 bits per heavy atom. The lowest BCUT2D eigenvalue weighted by atomic mass is 10.3. The van der Waals surface area contributed by atoms with Crippen LogP contribution in [0.1, 0.15) is 10.6 Å². The van der Waals surface area contributed by atoms with Crippen molar-refractivity contribution in [2.45, 2.75) is 13.8 Å². The van der Waals surface area contributed by atoms with Crippen LogP contribution in [0.2, 0.25) is 0 Å². The Kier molecular flexibility index (Phi) is 2.29. The number of aryl methyl sites for hydroxylation is 3. The highest BCUT2D eigenvalue weighted by Crippen LogP contribution is 2.27. The SMILES string of the molecule is Cc1sc2nc(-c3nc4ccccc4n3C)cn2c1C. The minimum atomic E-state index is 0.916. The van der Waals surface area contributed by atoms with Crippen molar-refractivity contribution in [1.82, 2.24) is 18.9 Å². The fraction of sp³-hybridized carbons (Fsp3) is 0.200. The number of para-hydroxylation sites is 2. The maximum atomic E-state index is 4.72. The number of hydrogen-bond donors (Lipinski definition) is 0. The van der Waals surface area contributed by atoms with Crippen LogP contribution < -0.4 is 0 Å². The second-order valence-corrected chi connectivity index (χ2v) is 6.19. The second kappa shape index (κ2) is 3.93. The number of benzene rings is 1. The third kappa shape index (κ3) is 1.47. The molecule has 0 spiro atoms. The molecule has 0 saturated heterocycles. The first kappa shape index (κ1) is 11.7. The third-order valence-corrected chi connectivity index (χ3v) is 4.88. The van der Waals surface area contributed by atoms with Crippen molar-refractivity contribution in [1.29, 1.82) is 0 Å². The summed E-state index contributed by atoms with van der Waals surface area (Å²) in [5.74, 6) is 0.916. The van der Waals surface area contributed by atoms with Gasteiger partial charge in [-0.1, -0.05) is 12.1 Å². The van der Waals surface area contributed by atoms with Crippen molar-refractivity contribution in [3.8, 4) is 11.5 Å². The molecule has 1 aromatic carbocycles. The van der Waals surface area contributed by atoms with Crippen LogP contribution in [0.3, 0.4) is 0 Å². The van der Waals surface area contributed by atoms with Crippen molar-refractivity contribution >= 4 is 27.3 Å². The van der Waals surface area contributed by atoms with Crippen LogP contribution in [0.4, 0.5) is 0 Å². The van der Waals surface area contributed by atoms with E-state index in [2.05, 4.69) is 35.1 Å². The van der Waals surface area contributed by atoms with E-state index in [4.69, 9.17) is 9.97 Å². The van der Waals surface area contributed by atoms with Crippen LogP contribution in [0, 0.1) is 13.8 Å². The maximum Gasteiger partial charge on any atom is 0.194 e. The summed E-state index contributed by atoms with van der Waals surface area (Å²) in [5.41, 5.74) is 4.32. The molecule has 3 aromatic heterocycles. The number of imidazole rings is 2. The Labute approximate surface area is 120 Å². The number of aromatic nitrogens is 4. The first-order chi connectivity index (χ1) is 9.65. The van der Waals surface area contributed by atoms with E-state index < -0.39 is 0 Å². The zero-order valence-corrected chi connectivity index (χ0v) is 12.4. The van der Waals surface area contributed by atoms with E-state index in [0.717, 1.165) is 27.5 Å². The Morgan fingerprint density at radius 3 is 2.65 bits per heavy atom. The van der Waals surface area contributed by atoms with Gasteiger partial charge in [0.2, 0.25) is 0 Å². The standard InChI is InChI=1S/C15H14N4S/c1-9-10(2)20-15-17-12(8-19(9)15)14-16-11-6-4-5-7-13(11)18(14)3/h4-8H,1-3H3. The molecule has 0 aliphatic carbocycles. The molecule has 0 aliphatic rings. The van der Waals surface area contributed by atoms with Gasteiger partial charge in [-0.3, -0.25) is 4.40 Å². The molecule has 0 unspecified atom stereocenters. The summed E-state index contributed by atoms with van der Waals surface area (Å²) < 4.78 is 4.25. The largest absolute Gasteiger partial charge is 0.326 e. The molecule has 100 valence electrons. The van der Waals surface area contributed by atoms with Gasteiger partial charge in [0.05, 0.1) is 11.0 Å². The Morgan fingerprint density at radius 1 is 1.10 bits per heavy atom. The van der Waals surface area contributed by atoms with Gasteiger partial charge in [0, 0.05) is 23.8 Å². The summed E-state index contributed by atoms with van der Waals surface area (Å²) in [6, 6.07) is 8.16. The zero-order valence-electron chi connectivity index (χ0n) is 11.6. The molecule has 5 heteroatoms. The van der Waals surface area contributed by atoms with Crippen LogP contribution in [0.5, 0.6) is 0 Å². The molecule has 4 nitrogen and oxygen atoms in total. The average Bonchev–Trinajstić information content (AvgIpc) is 3.07. The lowest BCUT2D eigenvalue weighted by Crippen LogP contribution is -1.92. The monoisotopic (exact) mass is 282 g/mol. The summed E-state index contributed by atoms with van der Waals surface area (Å²) in [6.07, 6.45) is 2.08. The smallest absolute Gasteiger partial charge is 0.194 e. The number of fused-ring (bicyclic) bond motifs is 2. The van der Waals surface area contributed by atoms with Gasteiger partial charge in [0.15, 0.2) is 10.8 Å². The highest BCUT2D eigenvalue weighted by molar-refractivity contribution is 7.17. The molecule has 4 rings (SSSR count). The molecule has 4 aromatic rings. The van der Waals surface area contributed by atoms with Gasteiger partial charge in [-0.25, -0.2) is 9.97 Å². The van der Waals surface area contributed by atoms with Crippen molar-refractivity contribution in [3.63, 3.8) is 0 Å². The van der Waals surface area contributed by atoms with Gasteiger partial charge in [-0.15, -0.1) is 11.3 Å². The maximum absolute atomic E-state index is 4.72. The molecule has 0 amide bonds. The molecule has 3 heterocycles. The van der Waals surface area contributed by atoms with Gasteiger partial charge in [0.25, 0.3) is 0 Å². The van der Waals surface area contributed by atoms with Crippen molar-refractivity contribution in [2.24, 2.45) is 7.05 Å². The lowest BCUT2D eigenvalue weighted by Gasteiger charge is -1.98. The number of rotatable bonds is 1. The second-order valence-electron chi connectivity index (χ2n) is 5.01. The quantitative estimate of drug-likeness (QED) is 0.535. The molecule has 20 heavy (non-hydrogen) atoms. The predicted octanol–water partition coefficient (Wildman–Crippen LogP) is 3.57. The number of nitrogens with zero attached hydrogens (tertiary/aromatic N) is 4. The summed E-state index contributed by atoms with van der Waals surface area (Å²) in [5, 5.41) is 0.